The molecule has 10 heteroatoms. The van der Waals surface area contributed by atoms with Crippen LogP contribution in [-0.2, 0) is 14.8 Å². The van der Waals surface area contributed by atoms with E-state index in [2.05, 4.69) is 25.8 Å². The molecule has 0 aromatic carbocycles. The molecule has 2 saturated heterocycles. The van der Waals surface area contributed by atoms with Crippen LogP contribution in [-0.4, -0.2) is 57.0 Å². The van der Waals surface area contributed by atoms with Crippen LogP contribution in [0.3, 0.4) is 0 Å². The average molecular weight is 424 g/mol. The van der Waals surface area contributed by atoms with Crippen molar-refractivity contribution in [3.05, 3.63) is 16.7 Å². The van der Waals surface area contributed by atoms with Crippen LogP contribution in [0.2, 0.25) is 0 Å². The topological polar surface area (TPSA) is 94.8 Å². The molecule has 134 valence electrons. The number of alkyl halides is 1. The van der Waals surface area contributed by atoms with Gasteiger partial charge in [-0.15, -0.1) is 0 Å². The van der Waals surface area contributed by atoms with Gasteiger partial charge in [0.1, 0.15) is 4.90 Å². The fourth-order valence-corrected chi connectivity index (χ4v) is 3.94. The highest BCUT2D eigenvalue weighted by Crippen LogP contribution is 2.28. The van der Waals surface area contributed by atoms with Crippen molar-refractivity contribution in [1.29, 1.82) is 0 Å². The first-order chi connectivity index (χ1) is 11.3. The number of hydrogen-bond donors (Lipinski definition) is 1. The number of primary sulfonamides is 1. The Balaban J connectivity index is 1.50. The zero-order valence-corrected chi connectivity index (χ0v) is 15.3. The maximum Gasteiger partial charge on any atom is 0.239 e. The lowest BCUT2D eigenvalue weighted by Gasteiger charge is -2.43. The summed E-state index contributed by atoms with van der Waals surface area (Å²) in [5, 5.41) is 5.06. The second kappa shape index (κ2) is 7.20. The standard InChI is InChI=1S/C14H19BrFN3O4S/c15-11-5-10(24(17,20)21)6-18-14(11)23-7-9-1-3-19(4-2-9)12-8-22-13(12)16/h5-6,9,12-13H,1-4,7-8H2,(H2,17,20,21). The number of halogens is 2. The molecule has 7 nitrogen and oxygen atoms in total. The summed E-state index contributed by atoms with van der Waals surface area (Å²) in [7, 11) is -3.79. The van der Waals surface area contributed by atoms with Crippen LogP contribution in [0, 0.1) is 5.92 Å². The van der Waals surface area contributed by atoms with E-state index in [1.807, 2.05) is 0 Å². The van der Waals surface area contributed by atoms with Crippen LogP contribution in [0.4, 0.5) is 4.39 Å². The number of sulfonamides is 1. The molecule has 2 unspecified atom stereocenters. The van der Waals surface area contributed by atoms with Gasteiger partial charge in [-0.1, -0.05) is 0 Å². The van der Waals surface area contributed by atoms with Crippen molar-refractivity contribution < 1.29 is 22.3 Å². The number of hydrogen-bond acceptors (Lipinski definition) is 6. The first kappa shape index (κ1) is 18.0. The highest BCUT2D eigenvalue weighted by atomic mass is 79.9. The van der Waals surface area contributed by atoms with Gasteiger partial charge >= 0.3 is 0 Å². The van der Waals surface area contributed by atoms with Gasteiger partial charge in [0.15, 0.2) is 0 Å². The molecule has 0 bridgehead atoms. The number of nitrogens with two attached hydrogens (primary N) is 1. The van der Waals surface area contributed by atoms with Crippen LogP contribution in [0.15, 0.2) is 21.6 Å². The number of piperidine rings is 1. The van der Waals surface area contributed by atoms with Crippen LogP contribution in [0.5, 0.6) is 5.88 Å². The molecule has 2 aliphatic rings. The van der Waals surface area contributed by atoms with Crippen LogP contribution < -0.4 is 9.88 Å². The zero-order valence-electron chi connectivity index (χ0n) is 12.9. The first-order valence-corrected chi connectivity index (χ1v) is 9.99. The van der Waals surface area contributed by atoms with Crippen molar-refractivity contribution in [3.8, 4) is 5.88 Å². The molecule has 1 aromatic rings. The van der Waals surface area contributed by atoms with Crippen LogP contribution in [0.1, 0.15) is 12.8 Å². The largest absolute Gasteiger partial charge is 0.477 e. The second-order valence-electron chi connectivity index (χ2n) is 6.05. The number of aromatic nitrogens is 1. The molecule has 0 spiro atoms. The van der Waals surface area contributed by atoms with Gasteiger partial charge in [0, 0.05) is 0 Å². The quantitative estimate of drug-likeness (QED) is 0.766. The summed E-state index contributed by atoms with van der Waals surface area (Å²) < 4.78 is 46.7. The predicted molar refractivity (Wildman–Crippen MR) is 87.7 cm³/mol. The summed E-state index contributed by atoms with van der Waals surface area (Å²) in [5.74, 6) is 0.688. The molecular weight excluding hydrogens is 405 g/mol. The van der Waals surface area contributed by atoms with E-state index in [9.17, 15) is 12.8 Å². The number of pyridine rings is 1. The Kier molecular flexibility index (Phi) is 5.40. The average Bonchev–Trinajstić information content (AvgIpc) is 2.52. The predicted octanol–water partition coefficient (Wildman–Crippen LogP) is 1.28. The van der Waals surface area contributed by atoms with Gasteiger partial charge in [0.05, 0.1) is 29.9 Å². The summed E-state index contributed by atoms with van der Waals surface area (Å²) in [4.78, 5) is 6.05. The zero-order chi connectivity index (χ0) is 17.3. The fraction of sp³-hybridized carbons (Fsp3) is 0.643. The number of ether oxygens (including phenoxy) is 2. The summed E-state index contributed by atoms with van der Waals surface area (Å²) in [6, 6.07) is 1.27. The Bertz CT molecular complexity index is 697. The third-order valence-electron chi connectivity index (χ3n) is 4.41. The van der Waals surface area contributed by atoms with Crippen molar-refractivity contribution in [2.45, 2.75) is 30.1 Å². The van der Waals surface area contributed by atoms with Gasteiger partial charge in [-0.05, 0) is 53.8 Å². The van der Waals surface area contributed by atoms with Gasteiger partial charge in [-0.3, -0.25) is 4.90 Å². The van der Waals surface area contributed by atoms with Crippen molar-refractivity contribution in [1.82, 2.24) is 9.88 Å². The number of likely N-dealkylation sites (tertiary alicyclic amines) is 1. The van der Waals surface area contributed by atoms with E-state index in [-0.39, 0.29) is 10.9 Å². The molecule has 0 amide bonds. The molecular formula is C14H19BrFN3O4S. The van der Waals surface area contributed by atoms with Crippen molar-refractivity contribution in [3.63, 3.8) is 0 Å². The molecule has 0 saturated carbocycles. The Morgan fingerprint density at radius 1 is 1.46 bits per heavy atom. The normalized spacial score (nSPS) is 26.1. The SMILES string of the molecule is NS(=O)(=O)c1cnc(OCC2CCN(C3COC3F)CC2)c(Br)c1. The molecule has 0 aliphatic carbocycles. The maximum absolute atomic E-state index is 13.2. The highest BCUT2D eigenvalue weighted by Gasteiger charge is 2.38. The minimum Gasteiger partial charge on any atom is -0.477 e. The summed E-state index contributed by atoms with van der Waals surface area (Å²) in [6.45, 7) is 2.59. The molecule has 2 aliphatic heterocycles. The number of nitrogens with zero attached hydrogens (tertiary/aromatic N) is 2. The minimum absolute atomic E-state index is 0.0708. The molecule has 3 rings (SSSR count). The molecule has 2 N–H and O–H groups in total. The summed E-state index contributed by atoms with van der Waals surface area (Å²) in [6.07, 6.45) is 1.85. The lowest BCUT2D eigenvalue weighted by molar-refractivity contribution is -0.202. The van der Waals surface area contributed by atoms with Gasteiger partial charge < -0.3 is 9.47 Å². The van der Waals surface area contributed by atoms with Crippen molar-refractivity contribution in [2.24, 2.45) is 11.1 Å². The second-order valence-corrected chi connectivity index (χ2v) is 8.46. The summed E-state index contributed by atoms with van der Waals surface area (Å²) in [5.41, 5.74) is 0. The van der Waals surface area contributed by atoms with Gasteiger partial charge in [0.25, 0.3) is 0 Å². The van der Waals surface area contributed by atoms with Crippen LogP contribution >= 0.6 is 15.9 Å². The van der Waals surface area contributed by atoms with Crippen LogP contribution in [0.25, 0.3) is 0 Å². The Morgan fingerprint density at radius 3 is 2.67 bits per heavy atom. The monoisotopic (exact) mass is 423 g/mol. The lowest BCUT2D eigenvalue weighted by Crippen LogP contribution is -2.56. The van der Waals surface area contributed by atoms with E-state index in [1.165, 1.54) is 12.3 Å². The van der Waals surface area contributed by atoms with E-state index in [0.717, 1.165) is 25.9 Å². The number of rotatable bonds is 5. The van der Waals surface area contributed by atoms with E-state index in [4.69, 9.17) is 14.6 Å². The van der Waals surface area contributed by atoms with E-state index in [0.29, 0.717) is 29.5 Å². The minimum atomic E-state index is -3.79. The van der Waals surface area contributed by atoms with E-state index < -0.39 is 16.4 Å². The molecule has 0 radical (unpaired) electrons. The van der Waals surface area contributed by atoms with Crippen molar-refractivity contribution in [2.75, 3.05) is 26.3 Å². The third-order valence-corrected chi connectivity index (χ3v) is 5.86. The maximum atomic E-state index is 13.2. The third kappa shape index (κ3) is 4.05. The smallest absolute Gasteiger partial charge is 0.239 e. The Morgan fingerprint density at radius 2 is 2.17 bits per heavy atom. The fourth-order valence-electron chi connectivity index (χ4n) is 2.84. The van der Waals surface area contributed by atoms with E-state index >= 15 is 0 Å². The molecule has 24 heavy (non-hydrogen) atoms. The molecule has 1 aromatic heterocycles. The summed E-state index contributed by atoms with van der Waals surface area (Å²) >= 11 is 3.25. The molecule has 3 heterocycles. The molecule has 2 fully saturated rings. The van der Waals surface area contributed by atoms with Gasteiger partial charge in [-0.25, -0.2) is 22.9 Å². The van der Waals surface area contributed by atoms with Gasteiger partial charge in [0.2, 0.25) is 22.3 Å². The lowest BCUT2D eigenvalue weighted by atomic mass is 9.96. The first-order valence-electron chi connectivity index (χ1n) is 7.65. The van der Waals surface area contributed by atoms with Crippen molar-refractivity contribution >= 4 is 26.0 Å². The highest BCUT2D eigenvalue weighted by molar-refractivity contribution is 9.10. The Hall–Kier alpha value is -0.810. The van der Waals surface area contributed by atoms with E-state index in [1.54, 1.807) is 0 Å². The van der Waals surface area contributed by atoms with Gasteiger partial charge in [-0.2, -0.15) is 0 Å². The molecule has 2 atom stereocenters. The Labute approximate surface area is 148 Å².